The van der Waals surface area contributed by atoms with Gasteiger partial charge in [0.05, 0.1) is 27.7 Å². The van der Waals surface area contributed by atoms with Crippen LogP contribution in [0.3, 0.4) is 0 Å². The highest BCUT2D eigenvalue weighted by atomic mass is 31.2. The van der Waals surface area contributed by atoms with Crippen molar-refractivity contribution in [1.29, 1.82) is 0 Å². The molecule has 0 saturated carbocycles. The summed E-state index contributed by atoms with van der Waals surface area (Å²) in [6.07, 6.45) is 52.7. The van der Waals surface area contributed by atoms with Crippen LogP contribution in [0.25, 0.3) is 0 Å². The van der Waals surface area contributed by atoms with Gasteiger partial charge in [0.1, 0.15) is 19.8 Å². The Hall–Kier alpha value is -3.33. The second-order valence-electron chi connectivity index (χ2n) is 14.9. The lowest BCUT2D eigenvalue weighted by atomic mass is 10.1. The van der Waals surface area contributed by atoms with Crippen LogP contribution in [0.1, 0.15) is 129 Å². The first-order valence-corrected chi connectivity index (χ1v) is 23.1. The molecule has 1 unspecified atom stereocenters. The van der Waals surface area contributed by atoms with E-state index >= 15 is 0 Å². The predicted molar refractivity (Wildman–Crippen MR) is 240 cm³/mol. The van der Waals surface area contributed by atoms with Gasteiger partial charge in [-0.25, -0.2) is 0 Å². The molecule has 0 aliphatic rings. The summed E-state index contributed by atoms with van der Waals surface area (Å²) >= 11 is 0. The smallest absolute Gasteiger partial charge is 0.306 e. The van der Waals surface area contributed by atoms with Crippen molar-refractivity contribution in [1.82, 2.24) is 0 Å². The number of allylic oxidation sites excluding steroid dienone is 18. The molecular weight excluding hydrogens is 750 g/mol. The van der Waals surface area contributed by atoms with Crippen LogP contribution in [0, 0.1) is 0 Å². The summed E-state index contributed by atoms with van der Waals surface area (Å²) in [5.41, 5.74) is 0. The molecule has 0 heterocycles. The quantitative estimate of drug-likeness (QED) is 0.0200. The SMILES string of the molecule is CC/C=C\C/C=C\C/C=C\C/C=C\C/C=C\C/C=C\CCC(=O)OC[C@H](COP(=O)([O-])OCC[N+](C)(C)C)OC(=O)CCCCCCC/C=C\C/C=C\C/C=C\CC. The molecule has 58 heavy (non-hydrogen) atoms. The monoisotopic (exact) mass is 828 g/mol. The minimum absolute atomic E-state index is 0.0524. The Kier molecular flexibility index (Phi) is 36.9. The fourth-order valence-corrected chi connectivity index (χ4v) is 5.72. The average molecular weight is 828 g/mol. The molecule has 328 valence electrons. The zero-order valence-corrected chi connectivity index (χ0v) is 37.6. The largest absolute Gasteiger partial charge is 0.756 e. The van der Waals surface area contributed by atoms with Crippen molar-refractivity contribution < 1.29 is 42.1 Å². The van der Waals surface area contributed by atoms with Gasteiger partial charge in [-0.05, 0) is 83.5 Å². The standard InChI is InChI=1S/C48H78NO8P/c1-6-8-10-12-14-16-18-20-22-23-24-25-27-28-30-32-34-36-38-40-47(50)54-44-46(45-56-58(52,53)55-43-42-49(3,4)5)57-48(51)41-39-37-35-33-31-29-26-21-19-17-15-13-11-9-7-2/h8-11,14-17,20-22,24-26,28,30,34,36,46H,6-7,12-13,18-19,23,27,29,31-33,35,37-45H2,1-5H3/b10-8-,11-9-,16-14-,17-15-,22-20-,25-24-,26-21-,30-28-,36-34-/t46-/m1/s1. The van der Waals surface area contributed by atoms with Crippen molar-refractivity contribution in [3.8, 4) is 0 Å². The molecule has 0 aromatic heterocycles. The number of hydrogen-bond donors (Lipinski definition) is 0. The summed E-state index contributed by atoms with van der Waals surface area (Å²) in [7, 11) is 1.09. The maximum absolute atomic E-state index is 12.7. The molecule has 0 spiro atoms. The van der Waals surface area contributed by atoms with Gasteiger partial charge in [0, 0.05) is 12.8 Å². The van der Waals surface area contributed by atoms with Gasteiger partial charge in [0.25, 0.3) is 7.82 Å². The van der Waals surface area contributed by atoms with Gasteiger partial charge < -0.3 is 27.9 Å². The minimum Gasteiger partial charge on any atom is -0.756 e. The van der Waals surface area contributed by atoms with E-state index in [1.165, 1.54) is 0 Å². The molecule has 10 heteroatoms. The van der Waals surface area contributed by atoms with E-state index in [0.29, 0.717) is 23.9 Å². The van der Waals surface area contributed by atoms with Crippen molar-refractivity contribution in [2.75, 3.05) is 47.5 Å². The number of ether oxygens (including phenoxy) is 2. The summed E-state index contributed by atoms with van der Waals surface area (Å²) < 4.78 is 33.8. The van der Waals surface area contributed by atoms with Crippen molar-refractivity contribution in [3.05, 3.63) is 109 Å². The lowest BCUT2D eigenvalue weighted by Crippen LogP contribution is -2.37. The third-order valence-corrected chi connectivity index (χ3v) is 9.27. The molecular formula is C48H78NO8P. The number of carbonyl (C=O) groups is 2. The Labute approximate surface area is 353 Å². The molecule has 0 bridgehead atoms. The summed E-state index contributed by atoms with van der Waals surface area (Å²) in [6, 6.07) is 0. The average Bonchev–Trinajstić information content (AvgIpc) is 3.17. The Morgan fingerprint density at radius 1 is 0.534 bits per heavy atom. The van der Waals surface area contributed by atoms with Gasteiger partial charge in [0.15, 0.2) is 6.10 Å². The Morgan fingerprint density at radius 3 is 1.45 bits per heavy atom. The highest BCUT2D eigenvalue weighted by Crippen LogP contribution is 2.38. The Morgan fingerprint density at radius 2 is 0.966 bits per heavy atom. The molecule has 0 radical (unpaired) electrons. The first-order chi connectivity index (χ1) is 28.0. The summed E-state index contributed by atoms with van der Waals surface area (Å²) in [6.45, 7) is 3.86. The minimum atomic E-state index is -4.65. The van der Waals surface area contributed by atoms with Gasteiger partial charge in [-0.2, -0.15) is 0 Å². The van der Waals surface area contributed by atoms with Gasteiger partial charge >= 0.3 is 11.9 Å². The number of quaternary nitrogens is 1. The first kappa shape index (κ1) is 54.7. The summed E-state index contributed by atoms with van der Waals surface area (Å²) in [4.78, 5) is 37.5. The molecule has 0 aliphatic heterocycles. The fraction of sp³-hybridized carbons (Fsp3) is 0.583. The number of unbranched alkanes of at least 4 members (excludes halogenated alkanes) is 5. The molecule has 0 amide bonds. The first-order valence-electron chi connectivity index (χ1n) is 21.6. The van der Waals surface area contributed by atoms with E-state index in [1.807, 2.05) is 33.3 Å². The lowest BCUT2D eigenvalue weighted by molar-refractivity contribution is -0.870. The predicted octanol–water partition coefficient (Wildman–Crippen LogP) is 11.7. The number of phosphoric ester groups is 1. The van der Waals surface area contributed by atoms with E-state index in [0.717, 1.165) is 89.9 Å². The van der Waals surface area contributed by atoms with Gasteiger partial charge in [-0.1, -0.05) is 142 Å². The topological polar surface area (TPSA) is 111 Å². The third kappa shape index (κ3) is 42.3. The second-order valence-corrected chi connectivity index (χ2v) is 16.4. The molecule has 0 rings (SSSR count). The van der Waals surface area contributed by atoms with E-state index in [4.69, 9.17) is 18.5 Å². The number of phosphoric acid groups is 1. The normalized spacial score (nSPS) is 14.7. The van der Waals surface area contributed by atoms with E-state index in [1.54, 1.807) is 0 Å². The highest BCUT2D eigenvalue weighted by molar-refractivity contribution is 7.45. The van der Waals surface area contributed by atoms with Gasteiger partial charge in [0.2, 0.25) is 0 Å². The number of hydrogen-bond acceptors (Lipinski definition) is 8. The lowest BCUT2D eigenvalue weighted by Gasteiger charge is -2.28. The van der Waals surface area contributed by atoms with Crippen LogP contribution >= 0.6 is 7.82 Å². The number of nitrogens with zero attached hydrogens (tertiary/aromatic N) is 1. The van der Waals surface area contributed by atoms with E-state index in [2.05, 4.69) is 111 Å². The molecule has 0 N–H and O–H groups in total. The maximum Gasteiger partial charge on any atom is 0.306 e. The Bertz CT molecular complexity index is 1350. The third-order valence-electron chi connectivity index (χ3n) is 8.30. The van der Waals surface area contributed by atoms with E-state index in [9.17, 15) is 19.0 Å². The highest BCUT2D eigenvalue weighted by Gasteiger charge is 2.21. The van der Waals surface area contributed by atoms with Crippen LogP contribution < -0.4 is 4.89 Å². The molecule has 0 aromatic carbocycles. The van der Waals surface area contributed by atoms with Crippen LogP contribution in [-0.4, -0.2) is 70.0 Å². The molecule has 0 saturated heterocycles. The zero-order chi connectivity index (χ0) is 42.8. The van der Waals surface area contributed by atoms with Gasteiger partial charge in [-0.3, -0.25) is 14.2 Å². The van der Waals surface area contributed by atoms with Crippen molar-refractivity contribution in [2.24, 2.45) is 0 Å². The fourth-order valence-electron chi connectivity index (χ4n) is 4.99. The second kappa shape index (κ2) is 39.1. The molecule has 0 aromatic rings. The number of rotatable bonds is 37. The number of carbonyl (C=O) groups excluding carboxylic acids is 2. The van der Waals surface area contributed by atoms with Crippen LogP contribution in [-0.2, 0) is 32.7 Å². The summed E-state index contributed by atoms with van der Waals surface area (Å²) in [5.74, 6) is -0.966. The van der Waals surface area contributed by atoms with E-state index < -0.39 is 32.5 Å². The summed E-state index contributed by atoms with van der Waals surface area (Å²) in [5, 5.41) is 0. The molecule has 0 fully saturated rings. The van der Waals surface area contributed by atoms with Crippen molar-refractivity contribution in [3.63, 3.8) is 0 Å². The zero-order valence-electron chi connectivity index (χ0n) is 36.7. The molecule has 9 nitrogen and oxygen atoms in total. The Balaban J connectivity index is 4.54. The maximum atomic E-state index is 12.7. The number of likely N-dealkylation sites (N-methyl/N-ethyl adjacent to an activating group) is 1. The molecule has 2 atom stereocenters. The number of esters is 2. The van der Waals surface area contributed by atoms with Crippen molar-refractivity contribution >= 4 is 19.8 Å². The van der Waals surface area contributed by atoms with Crippen LogP contribution in [0.4, 0.5) is 0 Å². The van der Waals surface area contributed by atoms with E-state index in [-0.39, 0.29) is 26.1 Å². The van der Waals surface area contributed by atoms with Crippen molar-refractivity contribution in [2.45, 2.75) is 136 Å². The van der Waals surface area contributed by atoms with Crippen LogP contribution in [0.2, 0.25) is 0 Å². The van der Waals surface area contributed by atoms with Gasteiger partial charge in [-0.15, -0.1) is 0 Å². The van der Waals surface area contributed by atoms with Crippen LogP contribution in [0.5, 0.6) is 0 Å². The molecule has 0 aliphatic carbocycles. The van der Waals surface area contributed by atoms with Crippen LogP contribution in [0.15, 0.2) is 109 Å².